The summed E-state index contributed by atoms with van der Waals surface area (Å²) in [7, 11) is 0. The van der Waals surface area contributed by atoms with Gasteiger partial charge in [-0.3, -0.25) is 4.57 Å². The summed E-state index contributed by atoms with van der Waals surface area (Å²) in [5.74, 6) is 0. The summed E-state index contributed by atoms with van der Waals surface area (Å²) in [6.45, 7) is 0. The van der Waals surface area contributed by atoms with Gasteiger partial charge in [0.15, 0.2) is 0 Å². The van der Waals surface area contributed by atoms with Crippen LogP contribution >= 0.6 is 11.8 Å². The van der Waals surface area contributed by atoms with Gasteiger partial charge in [-0.2, -0.15) is 0 Å². The van der Waals surface area contributed by atoms with Crippen molar-refractivity contribution in [3.63, 3.8) is 0 Å². The molecule has 2 atom stereocenters. The van der Waals surface area contributed by atoms with E-state index in [1.807, 2.05) is 11.8 Å². The van der Waals surface area contributed by atoms with E-state index >= 15 is 0 Å². The Kier molecular flexibility index (Phi) is 4.11. The van der Waals surface area contributed by atoms with Crippen molar-refractivity contribution in [2.45, 2.75) is 23.5 Å². The van der Waals surface area contributed by atoms with E-state index in [2.05, 4.69) is 112 Å². The predicted octanol–water partition coefficient (Wildman–Crippen LogP) is 8.15. The molecule has 0 saturated carbocycles. The van der Waals surface area contributed by atoms with E-state index < -0.39 is 0 Å². The highest BCUT2D eigenvalue weighted by Crippen LogP contribution is 2.47. The second-order valence-corrected chi connectivity index (χ2v) is 10.7. The molecule has 4 heteroatoms. The highest BCUT2D eigenvalue weighted by Gasteiger charge is 2.29. The Balaban J connectivity index is 1.47. The molecule has 5 aromatic rings. The molecule has 3 aromatic heterocycles. The monoisotopic (exact) mass is 469 g/mol. The van der Waals surface area contributed by atoms with Gasteiger partial charge in [-0.25, -0.2) is 4.98 Å². The normalized spacial score (nSPS) is 21.4. The quantitative estimate of drug-likeness (QED) is 0.260. The van der Waals surface area contributed by atoms with Gasteiger partial charge in [0.2, 0.25) is 0 Å². The molecule has 4 heterocycles. The minimum atomic E-state index is 0.239. The molecule has 0 bridgehead atoms. The third-order valence-corrected chi connectivity index (χ3v) is 8.82. The molecule has 1 aliphatic heterocycles. The lowest BCUT2D eigenvalue weighted by atomic mass is 10.1. The SMILES string of the molecule is C1=CCCC(n2c3ccccc3c3cc4c(nc32)c2ccccc2n4C2C=C3C=CC=CC3S2)=C1. The first kappa shape index (κ1) is 19.5. The van der Waals surface area contributed by atoms with Crippen molar-refractivity contribution in [1.29, 1.82) is 0 Å². The summed E-state index contributed by atoms with van der Waals surface area (Å²) in [6.07, 6.45) is 20.1. The van der Waals surface area contributed by atoms with E-state index in [4.69, 9.17) is 4.98 Å². The number of thioether (sulfide) groups is 1. The summed E-state index contributed by atoms with van der Waals surface area (Å²) >= 11 is 2.00. The van der Waals surface area contributed by atoms with E-state index in [1.54, 1.807) is 0 Å². The minimum absolute atomic E-state index is 0.239. The zero-order valence-corrected chi connectivity index (χ0v) is 20.0. The second-order valence-electron chi connectivity index (χ2n) is 9.45. The van der Waals surface area contributed by atoms with Crippen LogP contribution in [0.15, 0.2) is 109 Å². The third kappa shape index (κ3) is 2.77. The molecule has 0 spiro atoms. The van der Waals surface area contributed by atoms with Crippen molar-refractivity contribution in [1.82, 2.24) is 14.1 Å². The van der Waals surface area contributed by atoms with Crippen LogP contribution in [0.2, 0.25) is 0 Å². The van der Waals surface area contributed by atoms with Crippen molar-refractivity contribution in [3.05, 3.63) is 109 Å². The van der Waals surface area contributed by atoms with Gasteiger partial charge in [0, 0.05) is 21.9 Å². The van der Waals surface area contributed by atoms with Crippen LogP contribution in [0, 0.1) is 0 Å². The molecule has 8 rings (SSSR count). The van der Waals surface area contributed by atoms with Gasteiger partial charge in [-0.1, -0.05) is 72.9 Å². The zero-order chi connectivity index (χ0) is 22.9. The average molecular weight is 470 g/mol. The Labute approximate surface area is 207 Å². The van der Waals surface area contributed by atoms with Crippen molar-refractivity contribution < 1.29 is 0 Å². The van der Waals surface area contributed by atoms with Gasteiger partial charge in [-0.15, -0.1) is 11.8 Å². The second kappa shape index (κ2) is 7.37. The van der Waals surface area contributed by atoms with E-state index in [9.17, 15) is 0 Å². The van der Waals surface area contributed by atoms with E-state index in [1.165, 1.54) is 44.0 Å². The van der Waals surface area contributed by atoms with Crippen molar-refractivity contribution in [2.24, 2.45) is 0 Å². The number of fused-ring (bicyclic) bond motifs is 7. The van der Waals surface area contributed by atoms with Gasteiger partial charge < -0.3 is 4.57 Å². The average Bonchev–Trinajstić information content (AvgIpc) is 3.57. The summed E-state index contributed by atoms with van der Waals surface area (Å²) in [5.41, 5.74) is 8.55. The summed E-state index contributed by atoms with van der Waals surface area (Å²) < 4.78 is 4.89. The van der Waals surface area contributed by atoms with Crippen LogP contribution < -0.4 is 0 Å². The van der Waals surface area contributed by atoms with Crippen LogP contribution in [0.4, 0.5) is 0 Å². The molecule has 2 aromatic carbocycles. The first-order valence-corrected chi connectivity index (χ1v) is 13.2. The highest BCUT2D eigenvalue weighted by atomic mass is 32.2. The highest BCUT2D eigenvalue weighted by molar-refractivity contribution is 8.00. The number of benzene rings is 2. The molecular weight excluding hydrogens is 446 g/mol. The van der Waals surface area contributed by atoms with Crippen LogP contribution in [0.3, 0.4) is 0 Å². The molecule has 0 fully saturated rings. The predicted molar refractivity (Wildman–Crippen MR) is 150 cm³/mol. The van der Waals surface area contributed by atoms with Crippen LogP contribution in [-0.4, -0.2) is 19.4 Å². The fourth-order valence-electron chi connectivity index (χ4n) is 5.91. The van der Waals surface area contributed by atoms with E-state index in [-0.39, 0.29) is 5.37 Å². The van der Waals surface area contributed by atoms with E-state index in [0.717, 1.165) is 24.0 Å². The van der Waals surface area contributed by atoms with Crippen LogP contribution in [0.5, 0.6) is 0 Å². The van der Waals surface area contributed by atoms with Crippen LogP contribution in [0.1, 0.15) is 18.2 Å². The van der Waals surface area contributed by atoms with Gasteiger partial charge in [0.1, 0.15) is 11.0 Å². The van der Waals surface area contributed by atoms with Crippen LogP contribution in [-0.2, 0) is 0 Å². The molecule has 35 heavy (non-hydrogen) atoms. The molecule has 3 nitrogen and oxygen atoms in total. The minimum Gasteiger partial charge on any atom is -0.323 e. The standard InChI is InChI=1S/C31H23N3S/c1-2-11-21(12-3-1)33-25-15-7-5-13-22(25)24-19-27-30(32-31(24)33)23-14-6-8-16-26(23)34(27)29-18-20-10-4-9-17-28(20)35-29/h1-2,4-11,13-19,28-29H,3,12H2. The number of pyridine rings is 1. The maximum absolute atomic E-state index is 5.42. The lowest BCUT2D eigenvalue weighted by Crippen LogP contribution is -2.03. The van der Waals surface area contributed by atoms with Gasteiger partial charge in [0.05, 0.1) is 27.3 Å². The van der Waals surface area contributed by atoms with Crippen molar-refractivity contribution in [2.75, 3.05) is 0 Å². The van der Waals surface area contributed by atoms with Gasteiger partial charge >= 0.3 is 0 Å². The van der Waals surface area contributed by atoms with Gasteiger partial charge in [-0.05, 0) is 48.8 Å². The number of nitrogens with zero attached hydrogens (tertiary/aromatic N) is 3. The number of aromatic nitrogens is 3. The lowest BCUT2D eigenvalue weighted by molar-refractivity contribution is 0.879. The maximum Gasteiger partial charge on any atom is 0.146 e. The molecule has 0 saturated heterocycles. The summed E-state index contributed by atoms with van der Waals surface area (Å²) in [5, 5.41) is 4.37. The molecular formula is C31H23N3S. The lowest BCUT2D eigenvalue weighted by Gasteiger charge is -2.16. The number of hydrogen-bond acceptors (Lipinski definition) is 2. The molecule has 0 amide bonds. The Morgan fingerprint density at radius 1 is 0.857 bits per heavy atom. The molecule has 0 N–H and O–H groups in total. The zero-order valence-electron chi connectivity index (χ0n) is 19.1. The number of hydrogen-bond donors (Lipinski definition) is 0. The Morgan fingerprint density at radius 3 is 2.57 bits per heavy atom. The smallest absolute Gasteiger partial charge is 0.146 e. The fourth-order valence-corrected chi connectivity index (χ4v) is 7.29. The largest absolute Gasteiger partial charge is 0.323 e. The summed E-state index contributed by atoms with van der Waals surface area (Å²) in [4.78, 5) is 5.42. The molecule has 168 valence electrons. The van der Waals surface area contributed by atoms with Gasteiger partial charge in [0.25, 0.3) is 0 Å². The number of rotatable bonds is 2. The molecule has 3 aliphatic rings. The van der Waals surface area contributed by atoms with Crippen molar-refractivity contribution in [3.8, 4) is 0 Å². The molecule has 2 unspecified atom stereocenters. The Hall–Kier alpha value is -3.76. The van der Waals surface area contributed by atoms with Crippen molar-refractivity contribution >= 4 is 61.3 Å². The summed E-state index contributed by atoms with van der Waals surface area (Å²) in [6, 6.07) is 19.9. The Bertz CT molecular complexity index is 1840. The number of allylic oxidation sites excluding steroid dienone is 7. The topological polar surface area (TPSA) is 22.8 Å². The molecule has 0 radical (unpaired) electrons. The molecule has 2 aliphatic carbocycles. The number of para-hydroxylation sites is 2. The maximum atomic E-state index is 5.42. The first-order valence-electron chi connectivity index (χ1n) is 12.3. The fraction of sp³-hybridized carbons (Fsp3) is 0.129. The Morgan fingerprint density at radius 2 is 1.71 bits per heavy atom. The van der Waals surface area contributed by atoms with Crippen LogP contribution in [0.25, 0.3) is 49.6 Å². The third-order valence-electron chi connectivity index (χ3n) is 7.48. The van der Waals surface area contributed by atoms with E-state index in [0.29, 0.717) is 5.25 Å². The first-order chi connectivity index (χ1) is 17.4.